The van der Waals surface area contributed by atoms with Crippen molar-refractivity contribution in [1.82, 2.24) is 4.90 Å². The largest absolute Gasteiger partial charge is 0.465 e. The number of rotatable bonds is 4. The molecule has 6 heteroatoms. The first kappa shape index (κ1) is 16.5. The van der Waals surface area contributed by atoms with Crippen LogP contribution < -0.4 is 0 Å². The fourth-order valence-corrected chi connectivity index (χ4v) is 3.25. The number of thioether (sulfide) groups is 1. The molecule has 0 aliphatic carbocycles. The van der Waals surface area contributed by atoms with E-state index in [0.29, 0.717) is 22.4 Å². The molecule has 2 heterocycles. The molecular weight excluding hydrogens is 327 g/mol. The molecule has 0 bridgehead atoms. The standard InChI is InChI=1S/C18H17FN2O2S/c1-12(2)11-21-17(22)16(10-13-6-5-9-23-13)24-18(21)20-15-8-4-3-7-14(15)19/h3-10,12H,11H2,1-2H3/b16-10+,20-18?. The van der Waals surface area contributed by atoms with Crippen LogP contribution in [0.4, 0.5) is 10.1 Å². The summed E-state index contributed by atoms with van der Waals surface area (Å²) in [6, 6.07) is 9.81. The van der Waals surface area contributed by atoms with Gasteiger partial charge < -0.3 is 4.42 Å². The first-order valence-electron chi connectivity index (χ1n) is 7.62. The predicted molar refractivity (Wildman–Crippen MR) is 94.3 cm³/mol. The average Bonchev–Trinajstić information content (AvgIpc) is 3.14. The highest BCUT2D eigenvalue weighted by Crippen LogP contribution is 2.35. The molecule has 1 aliphatic rings. The second kappa shape index (κ2) is 7.05. The zero-order valence-electron chi connectivity index (χ0n) is 13.4. The summed E-state index contributed by atoms with van der Waals surface area (Å²) in [5.74, 6) is 0.317. The summed E-state index contributed by atoms with van der Waals surface area (Å²) in [6.07, 6.45) is 3.24. The van der Waals surface area contributed by atoms with Gasteiger partial charge in [0, 0.05) is 12.6 Å². The Kier molecular flexibility index (Phi) is 4.85. The van der Waals surface area contributed by atoms with Gasteiger partial charge in [0.1, 0.15) is 17.3 Å². The van der Waals surface area contributed by atoms with Crippen molar-refractivity contribution in [3.63, 3.8) is 0 Å². The van der Waals surface area contributed by atoms with Crippen LogP contribution in [0.25, 0.3) is 6.08 Å². The quantitative estimate of drug-likeness (QED) is 0.757. The Labute approximate surface area is 144 Å². The number of hydrogen-bond donors (Lipinski definition) is 0. The molecule has 24 heavy (non-hydrogen) atoms. The van der Waals surface area contributed by atoms with Crippen LogP contribution in [0.5, 0.6) is 0 Å². The van der Waals surface area contributed by atoms with E-state index in [-0.39, 0.29) is 17.5 Å². The minimum Gasteiger partial charge on any atom is -0.465 e. The van der Waals surface area contributed by atoms with Crippen LogP contribution in [-0.2, 0) is 4.79 Å². The van der Waals surface area contributed by atoms with Gasteiger partial charge in [-0.1, -0.05) is 26.0 Å². The van der Waals surface area contributed by atoms with Crippen LogP contribution in [0, 0.1) is 11.7 Å². The van der Waals surface area contributed by atoms with Gasteiger partial charge in [0.05, 0.1) is 11.2 Å². The van der Waals surface area contributed by atoms with Crippen LogP contribution in [-0.4, -0.2) is 22.5 Å². The molecule has 1 fully saturated rings. The average molecular weight is 344 g/mol. The van der Waals surface area contributed by atoms with Gasteiger partial charge in [0.15, 0.2) is 5.17 Å². The molecule has 3 rings (SSSR count). The fourth-order valence-electron chi connectivity index (χ4n) is 2.27. The third-order valence-corrected chi connectivity index (χ3v) is 4.33. The molecule has 1 amide bonds. The summed E-state index contributed by atoms with van der Waals surface area (Å²) in [4.78, 5) is 19.1. The van der Waals surface area contributed by atoms with Gasteiger partial charge in [-0.3, -0.25) is 9.69 Å². The van der Waals surface area contributed by atoms with Crippen LogP contribution in [0.1, 0.15) is 19.6 Å². The van der Waals surface area contributed by atoms with E-state index in [2.05, 4.69) is 4.99 Å². The number of benzene rings is 1. The number of nitrogens with zero attached hydrogens (tertiary/aromatic N) is 2. The van der Waals surface area contributed by atoms with E-state index in [1.54, 1.807) is 47.6 Å². The molecule has 1 aromatic carbocycles. The van der Waals surface area contributed by atoms with Crippen molar-refractivity contribution in [3.05, 3.63) is 59.1 Å². The number of amidine groups is 1. The SMILES string of the molecule is CC(C)CN1C(=O)/C(=C\c2ccco2)SC1=Nc1ccccc1F. The highest BCUT2D eigenvalue weighted by atomic mass is 32.2. The van der Waals surface area contributed by atoms with Gasteiger partial charge in [0.25, 0.3) is 5.91 Å². The Balaban J connectivity index is 1.97. The maximum atomic E-state index is 13.9. The molecule has 0 saturated carbocycles. The number of para-hydroxylation sites is 1. The predicted octanol–water partition coefficient (Wildman–Crippen LogP) is 4.68. The molecule has 0 N–H and O–H groups in total. The molecule has 124 valence electrons. The van der Waals surface area contributed by atoms with Gasteiger partial charge in [-0.2, -0.15) is 0 Å². The van der Waals surface area contributed by atoms with Gasteiger partial charge in [0.2, 0.25) is 0 Å². The molecular formula is C18H17FN2O2S. The lowest BCUT2D eigenvalue weighted by Crippen LogP contribution is -2.32. The van der Waals surface area contributed by atoms with E-state index in [0.717, 1.165) is 0 Å². The van der Waals surface area contributed by atoms with Crippen molar-refractivity contribution < 1.29 is 13.6 Å². The number of halogens is 1. The minimum absolute atomic E-state index is 0.139. The summed E-state index contributed by atoms with van der Waals surface area (Å²) < 4.78 is 19.2. The Bertz CT molecular complexity index is 797. The third kappa shape index (κ3) is 3.59. The van der Waals surface area contributed by atoms with Gasteiger partial charge >= 0.3 is 0 Å². The summed E-state index contributed by atoms with van der Waals surface area (Å²) in [5, 5.41) is 0.483. The molecule has 0 unspecified atom stereocenters. The summed E-state index contributed by atoms with van der Waals surface area (Å²) in [5.41, 5.74) is 0.223. The number of furan rings is 1. The number of aliphatic imine (C=N–C) groups is 1. The van der Waals surface area contributed by atoms with Crippen molar-refractivity contribution in [2.75, 3.05) is 6.54 Å². The Hall–Kier alpha value is -2.34. The molecule has 0 atom stereocenters. The minimum atomic E-state index is -0.411. The molecule has 0 radical (unpaired) electrons. The zero-order chi connectivity index (χ0) is 17.1. The number of carbonyl (C=O) groups is 1. The Morgan fingerprint density at radius 2 is 2.08 bits per heavy atom. The van der Waals surface area contributed by atoms with Crippen molar-refractivity contribution in [3.8, 4) is 0 Å². The summed E-state index contributed by atoms with van der Waals surface area (Å²) in [6.45, 7) is 4.56. The molecule has 0 spiro atoms. The lowest BCUT2D eigenvalue weighted by atomic mass is 10.2. The summed E-state index contributed by atoms with van der Waals surface area (Å²) in [7, 11) is 0. The lowest BCUT2D eigenvalue weighted by molar-refractivity contribution is -0.122. The van der Waals surface area contributed by atoms with E-state index in [1.165, 1.54) is 17.8 Å². The topological polar surface area (TPSA) is 45.8 Å². The van der Waals surface area contributed by atoms with Gasteiger partial charge in [-0.15, -0.1) is 0 Å². The van der Waals surface area contributed by atoms with Gasteiger partial charge in [-0.25, -0.2) is 9.38 Å². The number of hydrogen-bond acceptors (Lipinski definition) is 4. The Morgan fingerprint density at radius 3 is 2.75 bits per heavy atom. The third-order valence-electron chi connectivity index (χ3n) is 3.32. The first-order chi connectivity index (χ1) is 11.5. The number of amides is 1. The normalized spacial score (nSPS) is 18.3. The van der Waals surface area contributed by atoms with Crippen molar-refractivity contribution in [2.24, 2.45) is 10.9 Å². The lowest BCUT2D eigenvalue weighted by Gasteiger charge is -2.17. The van der Waals surface area contributed by atoms with Crippen LogP contribution in [0.3, 0.4) is 0 Å². The smallest absolute Gasteiger partial charge is 0.266 e. The molecule has 2 aromatic rings. The van der Waals surface area contributed by atoms with Crippen LogP contribution in [0.2, 0.25) is 0 Å². The van der Waals surface area contributed by atoms with E-state index in [1.807, 2.05) is 13.8 Å². The zero-order valence-corrected chi connectivity index (χ0v) is 14.2. The second-order valence-corrected chi connectivity index (χ2v) is 6.79. The molecule has 1 aliphatic heterocycles. The highest BCUT2D eigenvalue weighted by molar-refractivity contribution is 8.18. The first-order valence-corrected chi connectivity index (χ1v) is 8.44. The van der Waals surface area contributed by atoms with E-state index >= 15 is 0 Å². The van der Waals surface area contributed by atoms with E-state index in [9.17, 15) is 9.18 Å². The molecule has 4 nitrogen and oxygen atoms in total. The van der Waals surface area contributed by atoms with Gasteiger partial charge in [-0.05, 0) is 41.9 Å². The maximum Gasteiger partial charge on any atom is 0.266 e. The van der Waals surface area contributed by atoms with E-state index < -0.39 is 5.82 Å². The summed E-state index contributed by atoms with van der Waals surface area (Å²) >= 11 is 1.23. The van der Waals surface area contributed by atoms with Crippen molar-refractivity contribution in [2.45, 2.75) is 13.8 Å². The fraction of sp³-hybridized carbons (Fsp3) is 0.222. The molecule has 1 saturated heterocycles. The van der Waals surface area contributed by atoms with Crippen molar-refractivity contribution in [1.29, 1.82) is 0 Å². The second-order valence-electron chi connectivity index (χ2n) is 5.78. The van der Waals surface area contributed by atoms with E-state index in [4.69, 9.17) is 4.42 Å². The maximum absolute atomic E-state index is 13.9. The monoisotopic (exact) mass is 344 g/mol. The van der Waals surface area contributed by atoms with Crippen LogP contribution >= 0.6 is 11.8 Å². The Morgan fingerprint density at radius 1 is 1.29 bits per heavy atom. The van der Waals surface area contributed by atoms with Crippen LogP contribution in [0.15, 0.2) is 57.0 Å². The van der Waals surface area contributed by atoms with Crippen molar-refractivity contribution >= 4 is 34.6 Å². The highest BCUT2D eigenvalue weighted by Gasteiger charge is 2.34. The molecule has 1 aromatic heterocycles. The number of carbonyl (C=O) groups excluding carboxylic acids is 1.